The largest absolute Gasteiger partial charge is 0.395 e. The van der Waals surface area contributed by atoms with Gasteiger partial charge in [0.2, 0.25) is 0 Å². The van der Waals surface area contributed by atoms with Crippen LogP contribution in [0.25, 0.3) is 0 Å². The van der Waals surface area contributed by atoms with Crippen LogP contribution in [0.2, 0.25) is 0 Å². The molecule has 1 N–H and O–H groups in total. The molecule has 2 rings (SSSR count). The average Bonchev–Trinajstić information content (AvgIpc) is 2.07. The molecule has 13 heavy (non-hydrogen) atoms. The van der Waals surface area contributed by atoms with Crippen LogP contribution in [0.3, 0.4) is 0 Å². The molecule has 2 fully saturated rings. The average molecular weight is 183 g/mol. The zero-order chi connectivity index (χ0) is 9.26. The lowest BCUT2D eigenvalue weighted by Gasteiger charge is -2.45. The molecule has 0 aliphatic carbocycles. The molecule has 2 aliphatic heterocycles. The topological polar surface area (TPSA) is 40.5 Å². The van der Waals surface area contributed by atoms with Gasteiger partial charge in [-0.05, 0) is 12.8 Å². The third-order valence-electron chi connectivity index (χ3n) is 3.30. The Hall–Kier alpha value is -0.410. The van der Waals surface area contributed by atoms with Gasteiger partial charge in [-0.1, -0.05) is 6.42 Å². The van der Waals surface area contributed by atoms with Gasteiger partial charge in [0, 0.05) is 31.5 Å². The lowest BCUT2D eigenvalue weighted by atomic mass is 9.84. The fourth-order valence-electron chi connectivity index (χ4n) is 2.75. The monoisotopic (exact) mass is 183 g/mol. The van der Waals surface area contributed by atoms with E-state index in [-0.39, 0.29) is 6.61 Å². The van der Waals surface area contributed by atoms with Gasteiger partial charge in [-0.25, -0.2) is 0 Å². The van der Waals surface area contributed by atoms with Gasteiger partial charge >= 0.3 is 0 Å². The van der Waals surface area contributed by atoms with Crippen LogP contribution in [0.5, 0.6) is 0 Å². The Morgan fingerprint density at radius 3 is 2.46 bits per heavy atom. The fourth-order valence-corrected chi connectivity index (χ4v) is 2.75. The van der Waals surface area contributed by atoms with Gasteiger partial charge in [0.1, 0.15) is 5.78 Å². The molecule has 2 heterocycles. The van der Waals surface area contributed by atoms with Crippen molar-refractivity contribution in [3.63, 3.8) is 0 Å². The second-order valence-electron chi connectivity index (χ2n) is 4.15. The molecule has 0 saturated carbocycles. The number of fused-ring (bicyclic) bond motifs is 2. The molecule has 3 heteroatoms. The molecule has 0 radical (unpaired) electrons. The molecule has 0 unspecified atom stereocenters. The van der Waals surface area contributed by atoms with Crippen LogP contribution < -0.4 is 0 Å². The normalized spacial score (nSPS) is 35.0. The van der Waals surface area contributed by atoms with E-state index in [0.29, 0.717) is 17.9 Å². The second kappa shape index (κ2) is 3.76. The highest BCUT2D eigenvalue weighted by atomic mass is 16.3. The van der Waals surface area contributed by atoms with E-state index in [9.17, 15) is 4.79 Å². The van der Waals surface area contributed by atoms with Crippen LogP contribution in [-0.4, -0.2) is 41.0 Å². The van der Waals surface area contributed by atoms with Gasteiger partial charge in [0.25, 0.3) is 0 Å². The number of carbonyl (C=O) groups excluding carboxylic acids is 1. The highest BCUT2D eigenvalue weighted by molar-refractivity contribution is 5.80. The van der Waals surface area contributed by atoms with Crippen LogP contribution in [0.15, 0.2) is 0 Å². The van der Waals surface area contributed by atoms with Crippen LogP contribution >= 0.6 is 0 Å². The van der Waals surface area contributed by atoms with Crippen molar-refractivity contribution in [3.8, 4) is 0 Å². The van der Waals surface area contributed by atoms with E-state index < -0.39 is 0 Å². The van der Waals surface area contributed by atoms with E-state index in [4.69, 9.17) is 5.11 Å². The summed E-state index contributed by atoms with van der Waals surface area (Å²) in [5.74, 6) is 0.420. The first-order chi connectivity index (χ1) is 6.31. The number of aliphatic hydroxyl groups is 1. The van der Waals surface area contributed by atoms with Crippen LogP contribution in [-0.2, 0) is 4.79 Å². The Morgan fingerprint density at radius 1 is 1.31 bits per heavy atom. The van der Waals surface area contributed by atoms with Gasteiger partial charge in [-0.3, -0.25) is 9.69 Å². The van der Waals surface area contributed by atoms with Crippen LogP contribution in [0.4, 0.5) is 0 Å². The smallest absolute Gasteiger partial charge is 0.136 e. The molecular formula is C10H17NO2. The minimum Gasteiger partial charge on any atom is -0.395 e. The van der Waals surface area contributed by atoms with E-state index >= 15 is 0 Å². The fraction of sp³-hybridized carbons (Fsp3) is 0.900. The molecule has 74 valence electrons. The van der Waals surface area contributed by atoms with E-state index in [1.54, 1.807) is 0 Å². The Balaban J connectivity index is 2.05. The predicted octanol–water partition coefficient (Wildman–Crippen LogP) is 0.565. The molecule has 2 bridgehead atoms. The third-order valence-corrected chi connectivity index (χ3v) is 3.30. The number of hydrogen-bond acceptors (Lipinski definition) is 3. The molecule has 0 amide bonds. The number of hydrogen-bond donors (Lipinski definition) is 1. The summed E-state index contributed by atoms with van der Waals surface area (Å²) < 4.78 is 0. The Labute approximate surface area is 78.7 Å². The number of carbonyl (C=O) groups is 1. The Morgan fingerprint density at radius 2 is 1.92 bits per heavy atom. The molecule has 0 spiro atoms. The van der Waals surface area contributed by atoms with Gasteiger partial charge in [0.15, 0.2) is 0 Å². The molecule has 3 nitrogen and oxygen atoms in total. The highest BCUT2D eigenvalue weighted by Gasteiger charge is 2.36. The second-order valence-corrected chi connectivity index (χ2v) is 4.15. The number of Topliss-reactive ketones (excluding diaryl/α,β-unsaturated/α-hetero) is 1. The van der Waals surface area contributed by atoms with Crippen molar-refractivity contribution in [2.24, 2.45) is 0 Å². The summed E-state index contributed by atoms with van der Waals surface area (Å²) in [6.07, 6.45) is 4.97. The summed E-state index contributed by atoms with van der Waals surface area (Å²) in [6.45, 7) is 0.976. The van der Waals surface area contributed by atoms with E-state index in [1.165, 1.54) is 6.42 Å². The van der Waals surface area contributed by atoms with Crippen LogP contribution in [0, 0.1) is 0 Å². The predicted molar refractivity (Wildman–Crippen MR) is 49.5 cm³/mol. The molecular weight excluding hydrogens is 166 g/mol. The van der Waals surface area contributed by atoms with Gasteiger partial charge in [0.05, 0.1) is 6.61 Å². The van der Waals surface area contributed by atoms with Crippen molar-refractivity contribution in [3.05, 3.63) is 0 Å². The van der Waals surface area contributed by atoms with Crippen molar-refractivity contribution in [1.29, 1.82) is 0 Å². The molecule has 2 saturated heterocycles. The molecule has 2 aliphatic rings. The van der Waals surface area contributed by atoms with Gasteiger partial charge < -0.3 is 5.11 Å². The summed E-state index contributed by atoms with van der Waals surface area (Å²) in [5, 5.41) is 8.91. The molecule has 0 aromatic carbocycles. The van der Waals surface area contributed by atoms with Crippen molar-refractivity contribution < 1.29 is 9.90 Å². The lowest BCUT2D eigenvalue weighted by molar-refractivity contribution is -0.127. The first kappa shape index (κ1) is 9.16. The molecule has 2 atom stereocenters. The zero-order valence-electron chi connectivity index (χ0n) is 7.91. The summed E-state index contributed by atoms with van der Waals surface area (Å²) in [6, 6.07) is 0.874. The number of rotatable bonds is 2. The molecule has 0 aromatic heterocycles. The highest BCUT2D eigenvalue weighted by Crippen LogP contribution is 2.31. The number of nitrogens with zero attached hydrogens (tertiary/aromatic N) is 1. The maximum Gasteiger partial charge on any atom is 0.136 e. The van der Waals surface area contributed by atoms with Crippen LogP contribution in [0.1, 0.15) is 32.1 Å². The zero-order valence-corrected chi connectivity index (χ0v) is 7.91. The maximum absolute atomic E-state index is 11.3. The third kappa shape index (κ3) is 1.76. The Kier molecular flexibility index (Phi) is 2.65. The SMILES string of the molecule is O=C1C[C@H]2CCC[C@@H](C1)N2CCO. The van der Waals surface area contributed by atoms with Crippen molar-refractivity contribution >= 4 is 5.78 Å². The summed E-state index contributed by atoms with van der Waals surface area (Å²) in [5.41, 5.74) is 0. The minimum atomic E-state index is 0.223. The van der Waals surface area contributed by atoms with Gasteiger partial charge in [-0.2, -0.15) is 0 Å². The summed E-state index contributed by atoms with van der Waals surface area (Å²) >= 11 is 0. The first-order valence-corrected chi connectivity index (χ1v) is 5.19. The first-order valence-electron chi connectivity index (χ1n) is 5.19. The summed E-state index contributed by atoms with van der Waals surface area (Å²) in [4.78, 5) is 13.7. The quantitative estimate of drug-likeness (QED) is 0.680. The standard InChI is InChI=1S/C10H17NO2/c12-5-4-11-8-2-1-3-9(11)7-10(13)6-8/h8-9,12H,1-7H2/t8-,9+. The summed E-state index contributed by atoms with van der Waals surface area (Å²) in [7, 11) is 0. The van der Waals surface area contributed by atoms with Gasteiger partial charge in [-0.15, -0.1) is 0 Å². The minimum absolute atomic E-state index is 0.223. The molecule has 0 aromatic rings. The number of ketones is 1. The van der Waals surface area contributed by atoms with Crippen molar-refractivity contribution in [2.75, 3.05) is 13.2 Å². The number of piperidine rings is 2. The lowest BCUT2D eigenvalue weighted by Crippen LogP contribution is -2.53. The van der Waals surface area contributed by atoms with Crippen molar-refractivity contribution in [2.45, 2.75) is 44.2 Å². The van der Waals surface area contributed by atoms with E-state index in [2.05, 4.69) is 4.90 Å². The number of aliphatic hydroxyl groups excluding tert-OH is 1. The Bertz CT molecular complexity index is 189. The van der Waals surface area contributed by atoms with E-state index in [0.717, 1.165) is 32.2 Å². The maximum atomic E-state index is 11.3. The van der Waals surface area contributed by atoms with E-state index in [1.807, 2.05) is 0 Å². The van der Waals surface area contributed by atoms with Crippen molar-refractivity contribution in [1.82, 2.24) is 4.90 Å².